The maximum Gasteiger partial charge on any atom is 0.122 e. The third-order valence-corrected chi connectivity index (χ3v) is 4.13. The largest absolute Gasteiger partial charge is 0.386 e. The zero-order valence-electron chi connectivity index (χ0n) is 8.81. The molecule has 2 heterocycles. The Labute approximate surface area is 96.5 Å². The van der Waals surface area contributed by atoms with Crippen LogP contribution in [0.2, 0.25) is 0 Å². The standard InChI is InChI=1S/C10H12N2OS2/c1-5-9(15-7(3)11-5)8-4-14-10(12-8)6(2)13/h4,6,13H,1-3H3. The third-order valence-electron chi connectivity index (χ3n) is 2.02. The van der Waals surface area contributed by atoms with Gasteiger partial charge in [0.1, 0.15) is 11.1 Å². The van der Waals surface area contributed by atoms with Crippen molar-refractivity contribution in [3.8, 4) is 10.6 Å². The zero-order chi connectivity index (χ0) is 11.0. The molecule has 2 rings (SSSR count). The lowest BCUT2D eigenvalue weighted by Gasteiger charge is -1.96. The Kier molecular flexibility index (Phi) is 2.86. The van der Waals surface area contributed by atoms with E-state index in [1.807, 2.05) is 19.2 Å². The van der Waals surface area contributed by atoms with Crippen LogP contribution in [-0.2, 0) is 0 Å². The van der Waals surface area contributed by atoms with Crippen LogP contribution in [0.1, 0.15) is 28.7 Å². The summed E-state index contributed by atoms with van der Waals surface area (Å²) in [6.07, 6.45) is -0.488. The van der Waals surface area contributed by atoms with Crippen molar-refractivity contribution >= 4 is 22.7 Å². The molecule has 0 spiro atoms. The molecule has 0 aliphatic carbocycles. The van der Waals surface area contributed by atoms with E-state index in [4.69, 9.17) is 0 Å². The van der Waals surface area contributed by atoms with Gasteiger partial charge in [-0.25, -0.2) is 9.97 Å². The lowest BCUT2D eigenvalue weighted by molar-refractivity contribution is 0.199. The monoisotopic (exact) mass is 240 g/mol. The molecule has 0 amide bonds. The van der Waals surface area contributed by atoms with Crippen molar-refractivity contribution in [3.05, 3.63) is 21.1 Å². The van der Waals surface area contributed by atoms with Crippen LogP contribution in [0.15, 0.2) is 5.38 Å². The molecular weight excluding hydrogens is 228 g/mol. The first-order valence-corrected chi connectivity index (χ1v) is 6.35. The van der Waals surface area contributed by atoms with Crippen LogP contribution in [0.5, 0.6) is 0 Å². The van der Waals surface area contributed by atoms with Gasteiger partial charge in [0.2, 0.25) is 0 Å². The predicted octanol–water partition coefficient (Wildman–Crippen LogP) is 2.94. The van der Waals surface area contributed by atoms with Gasteiger partial charge in [0.15, 0.2) is 0 Å². The molecule has 2 aromatic rings. The molecule has 5 heteroatoms. The smallest absolute Gasteiger partial charge is 0.122 e. The summed E-state index contributed by atoms with van der Waals surface area (Å²) < 4.78 is 0. The Morgan fingerprint density at radius 1 is 1.33 bits per heavy atom. The molecular formula is C10H12N2OS2. The maximum atomic E-state index is 9.39. The summed E-state index contributed by atoms with van der Waals surface area (Å²) in [5, 5.41) is 13.2. The number of hydrogen-bond acceptors (Lipinski definition) is 5. The lowest BCUT2D eigenvalue weighted by atomic mass is 10.3. The summed E-state index contributed by atoms with van der Waals surface area (Å²) in [7, 11) is 0. The third kappa shape index (κ3) is 2.09. The first-order chi connectivity index (χ1) is 7.08. The van der Waals surface area contributed by atoms with Gasteiger partial charge in [-0.3, -0.25) is 0 Å². The summed E-state index contributed by atoms with van der Waals surface area (Å²) in [5.41, 5.74) is 1.94. The molecule has 0 fully saturated rings. The SMILES string of the molecule is Cc1nc(C)c(-c2csc(C(C)O)n2)s1. The highest BCUT2D eigenvalue weighted by Crippen LogP contribution is 2.31. The van der Waals surface area contributed by atoms with E-state index in [1.165, 1.54) is 11.3 Å². The van der Waals surface area contributed by atoms with Crippen molar-refractivity contribution in [1.29, 1.82) is 0 Å². The van der Waals surface area contributed by atoms with Gasteiger partial charge in [0.05, 0.1) is 21.3 Å². The topological polar surface area (TPSA) is 46.0 Å². The van der Waals surface area contributed by atoms with Gasteiger partial charge in [0, 0.05) is 5.38 Å². The highest BCUT2D eigenvalue weighted by atomic mass is 32.1. The number of aromatic nitrogens is 2. The molecule has 0 radical (unpaired) electrons. The Bertz CT molecular complexity index is 473. The quantitative estimate of drug-likeness (QED) is 0.878. The number of thiazole rings is 2. The molecule has 1 N–H and O–H groups in total. The highest BCUT2D eigenvalue weighted by Gasteiger charge is 2.13. The van der Waals surface area contributed by atoms with Crippen molar-refractivity contribution < 1.29 is 5.11 Å². The minimum Gasteiger partial charge on any atom is -0.386 e. The average molecular weight is 240 g/mol. The van der Waals surface area contributed by atoms with Crippen molar-refractivity contribution in [3.63, 3.8) is 0 Å². The van der Waals surface area contributed by atoms with Gasteiger partial charge in [0.25, 0.3) is 0 Å². The van der Waals surface area contributed by atoms with Gasteiger partial charge in [-0.1, -0.05) is 0 Å². The second kappa shape index (κ2) is 4.00. The fraction of sp³-hybridized carbons (Fsp3) is 0.400. The molecule has 15 heavy (non-hydrogen) atoms. The Balaban J connectivity index is 2.41. The van der Waals surface area contributed by atoms with E-state index in [9.17, 15) is 5.11 Å². The minimum atomic E-state index is -0.488. The van der Waals surface area contributed by atoms with Crippen LogP contribution in [0.25, 0.3) is 10.6 Å². The van der Waals surface area contributed by atoms with Gasteiger partial charge in [-0.15, -0.1) is 22.7 Å². The second-order valence-electron chi connectivity index (χ2n) is 3.39. The lowest BCUT2D eigenvalue weighted by Crippen LogP contribution is -1.89. The first kappa shape index (κ1) is 10.7. The molecule has 2 aromatic heterocycles. The molecule has 3 nitrogen and oxygen atoms in total. The molecule has 80 valence electrons. The van der Waals surface area contributed by atoms with Crippen LogP contribution in [0.4, 0.5) is 0 Å². The zero-order valence-corrected chi connectivity index (χ0v) is 10.4. The molecule has 0 bridgehead atoms. The van der Waals surface area contributed by atoms with Crippen LogP contribution in [0, 0.1) is 13.8 Å². The predicted molar refractivity (Wildman–Crippen MR) is 63.3 cm³/mol. The Morgan fingerprint density at radius 2 is 2.07 bits per heavy atom. The minimum absolute atomic E-state index is 0.488. The fourth-order valence-corrected chi connectivity index (χ4v) is 3.06. The van der Waals surface area contributed by atoms with E-state index >= 15 is 0 Å². The fourth-order valence-electron chi connectivity index (χ4n) is 1.35. The van der Waals surface area contributed by atoms with Gasteiger partial charge in [-0.2, -0.15) is 0 Å². The van der Waals surface area contributed by atoms with Crippen molar-refractivity contribution in [2.45, 2.75) is 26.9 Å². The molecule has 1 unspecified atom stereocenters. The molecule has 0 aromatic carbocycles. The van der Waals surface area contributed by atoms with E-state index in [0.29, 0.717) is 0 Å². The summed E-state index contributed by atoms with van der Waals surface area (Å²) >= 11 is 3.13. The molecule has 0 aliphatic heterocycles. The normalized spacial score (nSPS) is 13.1. The van der Waals surface area contributed by atoms with Crippen molar-refractivity contribution in [1.82, 2.24) is 9.97 Å². The summed E-state index contributed by atoms with van der Waals surface area (Å²) in [5.74, 6) is 0. The number of hydrogen-bond donors (Lipinski definition) is 1. The summed E-state index contributed by atoms with van der Waals surface area (Å²) in [6.45, 7) is 5.71. The van der Waals surface area contributed by atoms with Gasteiger partial charge >= 0.3 is 0 Å². The Morgan fingerprint density at radius 3 is 2.53 bits per heavy atom. The Hall–Kier alpha value is -0.780. The van der Waals surface area contributed by atoms with Crippen LogP contribution < -0.4 is 0 Å². The molecule has 0 aliphatic rings. The van der Waals surface area contributed by atoms with E-state index in [0.717, 1.165) is 26.3 Å². The maximum absolute atomic E-state index is 9.39. The van der Waals surface area contributed by atoms with Gasteiger partial charge in [-0.05, 0) is 20.8 Å². The molecule has 0 saturated heterocycles. The van der Waals surface area contributed by atoms with Crippen molar-refractivity contribution in [2.75, 3.05) is 0 Å². The van der Waals surface area contributed by atoms with E-state index < -0.39 is 6.10 Å². The van der Waals surface area contributed by atoms with Crippen molar-refractivity contribution in [2.24, 2.45) is 0 Å². The van der Waals surface area contributed by atoms with E-state index in [1.54, 1.807) is 18.3 Å². The summed E-state index contributed by atoms with van der Waals surface area (Å²) in [6, 6.07) is 0. The van der Waals surface area contributed by atoms with E-state index in [-0.39, 0.29) is 0 Å². The summed E-state index contributed by atoms with van der Waals surface area (Å²) in [4.78, 5) is 9.86. The number of aliphatic hydroxyl groups is 1. The number of aliphatic hydroxyl groups excluding tert-OH is 1. The molecule has 1 atom stereocenters. The number of aryl methyl sites for hydroxylation is 2. The average Bonchev–Trinajstić information content (AvgIpc) is 2.71. The van der Waals surface area contributed by atoms with Crippen LogP contribution in [0.3, 0.4) is 0 Å². The molecule has 0 saturated carbocycles. The van der Waals surface area contributed by atoms with Gasteiger partial charge < -0.3 is 5.11 Å². The second-order valence-corrected chi connectivity index (χ2v) is 5.49. The number of rotatable bonds is 2. The number of nitrogens with zero attached hydrogens (tertiary/aromatic N) is 2. The highest BCUT2D eigenvalue weighted by molar-refractivity contribution is 7.16. The van der Waals surface area contributed by atoms with E-state index in [2.05, 4.69) is 9.97 Å². The first-order valence-electron chi connectivity index (χ1n) is 4.66. The van der Waals surface area contributed by atoms with Crippen LogP contribution >= 0.6 is 22.7 Å². The van der Waals surface area contributed by atoms with Crippen LogP contribution in [-0.4, -0.2) is 15.1 Å².